The van der Waals surface area contributed by atoms with Crippen LogP contribution in [0.5, 0.6) is 0 Å². The zero-order chi connectivity index (χ0) is 11.7. The molecule has 1 saturated heterocycles. The summed E-state index contributed by atoms with van der Waals surface area (Å²) in [5.74, 6) is 0. The Hall–Kier alpha value is -0.320. The van der Waals surface area contributed by atoms with Crippen molar-refractivity contribution in [3.05, 3.63) is 11.1 Å². The van der Waals surface area contributed by atoms with Gasteiger partial charge in [0.15, 0.2) is 5.13 Å². The quantitative estimate of drug-likeness (QED) is 0.907. The Morgan fingerprint density at radius 2 is 2.00 bits per heavy atom. The second-order valence-corrected chi connectivity index (χ2v) is 6.83. The van der Waals surface area contributed by atoms with E-state index < -0.39 is 0 Å². The molecule has 102 valence electrons. The summed E-state index contributed by atoms with van der Waals surface area (Å²) >= 11 is 1.64. The molecule has 2 N–H and O–H groups in total. The van der Waals surface area contributed by atoms with Crippen molar-refractivity contribution in [1.82, 2.24) is 9.88 Å². The largest absolute Gasteiger partial charge is 0.375 e. The van der Waals surface area contributed by atoms with Crippen LogP contribution in [0.15, 0.2) is 6.20 Å². The summed E-state index contributed by atoms with van der Waals surface area (Å²) in [5.41, 5.74) is 6.35. The maximum atomic E-state index is 5.69. The highest BCUT2D eigenvalue weighted by molar-refractivity contribution is 7.15. The molecule has 0 radical (unpaired) electrons. The molecule has 1 spiro atoms. The summed E-state index contributed by atoms with van der Waals surface area (Å²) in [7, 11) is 0. The first-order chi connectivity index (χ1) is 8.26. The molecule has 0 unspecified atom stereocenters. The number of likely N-dealkylation sites (tertiary alicyclic amines) is 1. The number of hydrogen-bond acceptors (Lipinski definition) is 4. The van der Waals surface area contributed by atoms with Crippen molar-refractivity contribution >= 4 is 28.9 Å². The Morgan fingerprint density at radius 3 is 2.67 bits per heavy atom. The minimum absolute atomic E-state index is 0. The van der Waals surface area contributed by atoms with Crippen LogP contribution in [0.1, 0.15) is 43.4 Å². The number of nitrogens with zero attached hydrogens (tertiary/aromatic N) is 2. The van der Waals surface area contributed by atoms with E-state index in [0.717, 1.165) is 6.54 Å². The second-order valence-electron chi connectivity index (χ2n) is 5.69. The standard InChI is InChI=1S/C13H21N3S.ClH/c14-12-15-8-11(17-12)9-16-7-3-6-13(10-16)4-1-2-5-13;/h8H,1-7,9-10H2,(H2,14,15);1H. The summed E-state index contributed by atoms with van der Waals surface area (Å²) in [6.45, 7) is 3.60. The molecule has 2 aliphatic rings. The molecular formula is C13H22ClN3S. The molecule has 1 aliphatic heterocycles. The first kappa shape index (κ1) is 14.1. The first-order valence-electron chi connectivity index (χ1n) is 6.68. The van der Waals surface area contributed by atoms with Gasteiger partial charge in [0.1, 0.15) is 0 Å². The zero-order valence-corrected chi connectivity index (χ0v) is 12.4. The van der Waals surface area contributed by atoms with E-state index in [9.17, 15) is 0 Å². The third-order valence-electron chi connectivity index (χ3n) is 4.36. The molecule has 3 rings (SSSR count). The number of thiazole rings is 1. The average Bonchev–Trinajstić information content (AvgIpc) is 2.89. The lowest BCUT2D eigenvalue weighted by atomic mass is 9.78. The summed E-state index contributed by atoms with van der Waals surface area (Å²) in [6, 6.07) is 0. The van der Waals surface area contributed by atoms with Crippen LogP contribution in [0.25, 0.3) is 0 Å². The fourth-order valence-corrected chi connectivity index (χ4v) is 4.32. The van der Waals surface area contributed by atoms with Gasteiger partial charge in [-0.05, 0) is 37.6 Å². The van der Waals surface area contributed by atoms with E-state index in [1.807, 2.05) is 6.20 Å². The van der Waals surface area contributed by atoms with E-state index in [-0.39, 0.29) is 12.4 Å². The monoisotopic (exact) mass is 287 g/mol. The summed E-state index contributed by atoms with van der Waals surface area (Å²) in [6.07, 6.45) is 10.6. The van der Waals surface area contributed by atoms with Gasteiger partial charge in [-0.2, -0.15) is 0 Å². The third kappa shape index (κ3) is 2.98. The maximum absolute atomic E-state index is 5.69. The Morgan fingerprint density at radius 1 is 1.28 bits per heavy atom. The van der Waals surface area contributed by atoms with Crippen LogP contribution < -0.4 is 5.73 Å². The highest BCUT2D eigenvalue weighted by atomic mass is 35.5. The van der Waals surface area contributed by atoms with Gasteiger partial charge in [0.25, 0.3) is 0 Å². The SMILES string of the molecule is Cl.Nc1ncc(CN2CCCC3(CCCC3)C2)s1. The normalized spacial score (nSPS) is 23.1. The highest BCUT2D eigenvalue weighted by Crippen LogP contribution is 2.45. The molecule has 1 aromatic rings. The van der Waals surface area contributed by atoms with Gasteiger partial charge in [-0.1, -0.05) is 12.8 Å². The van der Waals surface area contributed by atoms with Crippen LogP contribution in [-0.2, 0) is 6.54 Å². The number of hydrogen-bond donors (Lipinski definition) is 1. The smallest absolute Gasteiger partial charge is 0.180 e. The predicted molar refractivity (Wildman–Crippen MR) is 79.2 cm³/mol. The first-order valence-corrected chi connectivity index (χ1v) is 7.50. The molecule has 2 heterocycles. The van der Waals surface area contributed by atoms with Gasteiger partial charge < -0.3 is 5.73 Å². The van der Waals surface area contributed by atoms with Gasteiger partial charge in [0.05, 0.1) is 0 Å². The second kappa shape index (κ2) is 5.76. The number of halogens is 1. The molecular weight excluding hydrogens is 266 g/mol. The molecule has 3 nitrogen and oxygen atoms in total. The van der Waals surface area contributed by atoms with Crippen molar-refractivity contribution in [3.63, 3.8) is 0 Å². The number of nitrogen functional groups attached to an aromatic ring is 1. The predicted octanol–water partition coefficient (Wildman–Crippen LogP) is 3.30. The molecule has 0 atom stereocenters. The van der Waals surface area contributed by atoms with Crippen molar-refractivity contribution in [3.8, 4) is 0 Å². The van der Waals surface area contributed by atoms with Gasteiger partial charge in [-0.15, -0.1) is 23.7 Å². The Kier molecular flexibility index (Phi) is 4.51. The minimum atomic E-state index is 0. The van der Waals surface area contributed by atoms with Crippen LogP contribution >= 0.6 is 23.7 Å². The summed E-state index contributed by atoms with van der Waals surface area (Å²) in [4.78, 5) is 8.07. The van der Waals surface area contributed by atoms with Crippen molar-refractivity contribution in [2.24, 2.45) is 5.41 Å². The number of nitrogens with two attached hydrogens (primary N) is 1. The molecule has 1 saturated carbocycles. The van der Waals surface area contributed by atoms with E-state index in [4.69, 9.17) is 5.73 Å². The topological polar surface area (TPSA) is 42.1 Å². The molecule has 0 bridgehead atoms. The number of rotatable bonds is 2. The minimum Gasteiger partial charge on any atom is -0.375 e. The lowest BCUT2D eigenvalue weighted by molar-refractivity contribution is 0.0883. The molecule has 5 heteroatoms. The number of piperidine rings is 1. The van der Waals surface area contributed by atoms with Crippen molar-refractivity contribution in [2.75, 3.05) is 18.8 Å². The molecule has 18 heavy (non-hydrogen) atoms. The fraction of sp³-hybridized carbons (Fsp3) is 0.769. The Bertz CT molecular complexity index is 387. The summed E-state index contributed by atoms with van der Waals surface area (Å²) in [5, 5.41) is 0.701. The third-order valence-corrected chi connectivity index (χ3v) is 5.17. The fourth-order valence-electron chi connectivity index (χ4n) is 3.59. The number of aromatic nitrogens is 1. The van der Waals surface area contributed by atoms with Crippen molar-refractivity contribution in [2.45, 2.75) is 45.1 Å². The van der Waals surface area contributed by atoms with Crippen LogP contribution in [0.2, 0.25) is 0 Å². The van der Waals surface area contributed by atoms with E-state index in [1.54, 1.807) is 11.3 Å². The average molecular weight is 288 g/mol. The number of anilines is 1. The molecule has 2 fully saturated rings. The molecule has 0 aromatic carbocycles. The van der Waals surface area contributed by atoms with Crippen LogP contribution in [-0.4, -0.2) is 23.0 Å². The van der Waals surface area contributed by atoms with Gasteiger partial charge in [-0.25, -0.2) is 4.98 Å². The van der Waals surface area contributed by atoms with Crippen LogP contribution in [0.3, 0.4) is 0 Å². The molecule has 0 amide bonds. The highest BCUT2D eigenvalue weighted by Gasteiger charge is 2.37. The molecule has 1 aromatic heterocycles. The van der Waals surface area contributed by atoms with Gasteiger partial charge in [-0.3, -0.25) is 4.90 Å². The van der Waals surface area contributed by atoms with Crippen molar-refractivity contribution < 1.29 is 0 Å². The summed E-state index contributed by atoms with van der Waals surface area (Å²) < 4.78 is 0. The van der Waals surface area contributed by atoms with E-state index in [1.165, 1.54) is 56.5 Å². The van der Waals surface area contributed by atoms with Gasteiger partial charge in [0.2, 0.25) is 0 Å². The van der Waals surface area contributed by atoms with Gasteiger partial charge in [0, 0.05) is 24.2 Å². The lowest BCUT2D eigenvalue weighted by Gasteiger charge is -2.40. The molecule has 1 aliphatic carbocycles. The van der Waals surface area contributed by atoms with Crippen LogP contribution in [0.4, 0.5) is 5.13 Å². The van der Waals surface area contributed by atoms with Crippen molar-refractivity contribution in [1.29, 1.82) is 0 Å². The lowest BCUT2D eigenvalue weighted by Crippen LogP contribution is -2.41. The van der Waals surface area contributed by atoms with E-state index in [2.05, 4.69) is 9.88 Å². The maximum Gasteiger partial charge on any atom is 0.180 e. The Labute approximate surface area is 119 Å². The van der Waals surface area contributed by atoms with E-state index >= 15 is 0 Å². The van der Waals surface area contributed by atoms with Crippen LogP contribution in [0, 0.1) is 5.41 Å². The van der Waals surface area contributed by atoms with Gasteiger partial charge >= 0.3 is 0 Å². The Balaban J connectivity index is 0.00000120. The van der Waals surface area contributed by atoms with E-state index in [0.29, 0.717) is 10.5 Å². The zero-order valence-electron chi connectivity index (χ0n) is 10.7.